The number of alkyl halides is 3. The fraction of sp³-hybridized carbons (Fsp3) is 0.846. The van der Waals surface area contributed by atoms with Crippen LogP contribution in [0.2, 0.25) is 0 Å². The third kappa shape index (κ3) is 5.79. The quantitative estimate of drug-likeness (QED) is 0.640. The van der Waals surface area contributed by atoms with Crippen LogP contribution in [0.15, 0.2) is 0 Å². The second-order valence-electron chi connectivity index (χ2n) is 5.06. The van der Waals surface area contributed by atoms with Gasteiger partial charge in [-0.3, -0.25) is 9.59 Å². The minimum atomic E-state index is -4.34. The van der Waals surface area contributed by atoms with Crippen LogP contribution in [-0.4, -0.2) is 31.2 Å². The van der Waals surface area contributed by atoms with E-state index >= 15 is 0 Å². The van der Waals surface area contributed by atoms with Crippen LogP contribution >= 0.6 is 0 Å². The van der Waals surface area contributed by atoms with E-state index in [-0.39, 0.29) is 0 Å². The predicted molar refractivity (Wildman–Crippen MR) is 65.8 cm³/mol. The van der Waals surface area contributed by atoms with Crippen LogP contribution in [0.4, 0.5) is 13.2 Å². The van der Waals surface area contributed by atoms with Crippen molar-refractivity contribution in [3.8, 4) is 0 Å². The van der Waals surface area contributed by atoms with Gasteiger partial charge in [0.1, 0.15) is 0 Å². The van der Waals surface area contributed by atoms with Crippen LogP contribution in [0, 0.1) is 5.92 Å². The minimum absolute atomic E-state index is 0.409. The Morgan fingerprint density at radius 2 is 1.85 bits per heavy atom. The predicted octanol–water partition coefficient (Wildman–Crippen LogP) is 2.57. The van der Waals surface area contributed by atoms with Crippen LogP contribution in [-0.2, 0) is 14.3 Å². The van der Waals surface area contributed by atoms with Crippen LogP contribution in [0.3, 0.4) is 0 Å². The highest BCUT2D eigenvalue weighted by atomic mass is 19.4. The van der Waals surface area contributed by atoms with E-state index in [9.17, 15) is 22.8 Å². The van der Waals surface area contributed by atoms with Gasteiger partial charge in [-0.1, -0.05) is 19.3 Å². The fourth-order valence-corrected chi connectivity index (χ4v) is 2.45. The molecule has 7 heteroatoms. The van der Waals surface area contributed by atoms with Gasteiger partial charge in [0.05, 0.1) is 19.4 Å². The highest BCUT2D eigenvalue weighted by Crippen LogP contribution is 2.25. The molecular formula is C13H20F3NO3. The third-order valence-corrected chi connectivity index (χ3v) is 3.50. The first-order valence-corrected chi connectivity index (χ1v) is 6.77. The zero-order valence-corrected chi connectivity index (χ0v) is 11.5. The van der Waals surface area contributed by atoms with Crippen molar-refractivity contribution >= 4 is 11.9 Å². The monoisotopic (exact) mass is 295 g/mol. The maximum Gasteiger partial charge on any atom is 0.389 e. The zero-order valence-electron chi connectivity index (χ0n) is 11.5. The Kier molecular flexibility index (Phi) is 6.29. The van der Waals surface area contributed by atoms with E-state index in [4.69, 9.17) is 4.74 Å². The molecule has 2 unspecified atom stereocenters. The van der Waals surface area contributed by atoms with E-state index in [2.05, 4.69) is 5.32 Å². The molecule has 4 nitrogen and oxygen atoms in total. The van der Waals surface area contributed by atoms with Gasteiger partial charge in [0.25, 0.3) is 0 Å². The molecule has 1 N–H and O–H groups in total. The lowest BCUT2D eigenvalue weighted by molar-refractivity contribution is -0.148. The first-order chi connectivity index (χ1) is 9.33. The summed E-state index contributed by atoms with van der Waals surface area (Å²) in [4.78, 5) is 23.2. The van der Waals surface area contributed by atoms with Crippen LogP contribution in [0.1, 0.15) is 44.9 Å². The fourth-order valence-electron chi connectivity index (χ4n) is 2.45. The van der Waals surface area contributed by atoms with Gasteiger partial charge in [-0.2, -0.15) is 13.2 Å². The molecule has 0 heterocycles. The van der Waals surface area contributed by atoms with Crippen molar-refractivity contribution in [3.05, 3.63) is 0 Å². The van der Waals surface area contributed by atoms with E-state index in [1.807, 2.05) is 0 Å². The first kappa shape index (κ1) is 16.8. The van der Waals surface area contributed by atoms with Crippen molar-refractivity contribution < 1.29 is 27.5 Å². The van der Waals surface area contributed by atoms with E-state index in [1.165, 1.54) is 7.11 Å². The molecule has 1 fully saturated rings. The molecule has 0 spiro atoms. The number of carbonyl (C=O) groups is 2. The average Bonchev–Trinajstić information content (AvgIpc) is 2.60. The summed E-state index contributed by atoms with van der Waals surface area (Å²) in [5.74, 6) is -1.53. The summed E-state index contributed by atoms with van der Waals surface area (Å²) in [6.45, 7) is 0. The van der Waals surface area contributed by atoms with Crippen molar-refractivity contribution in [2.75, 3.05) is 7.11 Å². The standard InChI is InChI=1S/C13H20F3NO3/c1-20-12(19)9-5-3-2-4-6-10(9)17-11(18)7-8-13(14,15)16/h9-10H,2-8H2,1H3,(H,17,18). The Labute approximate surface area is 116 Å². The molecule has 0 radical (unpaired) electrons. The number of methoxy groups -OCH3 is 1. The smallest absolute Gasteiger partial charge is 0.389 e. The number of esters is 1. The maximum absolute atomic E-state index is 12.1. The number of halogens is 3. The second-order valence-corrected chi connectivity index (χ2v) is 5.06. The Morgan fingerprint density at radius 3 is 2.45 bits per heavy atom. The molecule has 0 saturated heterocycles. The van der Waals surface area contributed by atoms with E-state index < -0.39 is 42.9 Å². The lowest BCUT2D eigenvalue weighted by Crippen LogP contribution is -2.43. The molecule has 0 aromatic heterocycles. The summed E-state index contributed by atoms with van der Waals surface area (Å²) in [7, 11) is 1.27. The van der Waals surface area contributed by atoms with Gasteiger partial charge in [-0.25, -0.2) is 0 Å². The summed E-state index contributed by atoms with van der Waals surface area (Å²) < 4.78 is 40.9. The van der Waals surface area contributed by atoms with Crippen molar-refractivity contribution in [2.24, 2.45) is 5.92 Å². The summed E-state index contributed by atoms with van der Waals surface area (Å²) >= 11 is 0. The molecule has 0 bridgehead atoms. The number of ether oxygens (including phenoxy) is 1. The molecule has 1 aliphatic rings. The molecule has 1 saturated carbocycles. The SMILES string of the molecule is COC(=O)C1CCCCCC1NC(=O)CCC(F)(F)F. The number of rotatable bonds is 4. The summed E-state index contributed by atoms with van der Waals surface area (Å²) in [5.41, 5.74) is 0. The molecular weight excluding hydrogens is 275 g/mol. The summed E-state index contributed by atoms with van der Waals surface area (Å²) in [5, 5.41) is 2.56. The van der Waals surface area contributed by atoms with E-state index in [0.29, 0.717) is 12.8 Å². The molecule has 1 amide bonds. The van der Waals surface area contributed by atoms with Crippen molar-refractivity contribution in [3.63, 3.8) is 0 Å². The largest absolute Gasteiger partial charge is 0.469 e. The van der Waals surface area contributed by atoms with Gasteiger partial charge in [-0.05, 0) is 12.8 Å². The third-order valence-electron chi connectivity index (χ3n) is 3.50. The van der Waals surface area contributed by atoms with Gasteiger partial charge < -0.3 is 10.1 Å². The van der Waals surface area contributed by atoms with Crippen LogP contribution < -0.4 is 5.32 Å². The molecule has 0 aromatic carbocycles. The molecule has 1 aliphatic carbocycles. The highest BCUT2D eigenvalue weighted by Gasteiger charge is 2.33. The molecule has 0 aliphatic heterocycles. The minimum Gasteiger partial charge on any atom is -0.469 e. The number of hydrogen-bond acceptors (Lipinski definition) is 3. The molecule has 2 atom stereocenters. The molecule has 1 rings (SSSR count). The van der Waals surface area contributed by atoms with Gasteiger partial charge in [0, 0.05) is 12.5 Å². The lowest BCUT2D eigenvalue weighted by atomic mass is 9.94. The van der Waals surface area contributed by atoms with Crippen LogP contribution in [0.5, 0.6) is 0 Å². The van der Waals surface area contributed by atoms with Crippen molar-refractivity contribution in [1.29, 1.82) is 0 Å². The molecule has 0 aromatic rings. The number of nitrogens with one attached hydrogen (secondary N) is 1. The lowest BCUT2D eigenvalue weighted by Gasteiger charge is -2.24. The van der Waals surface area contributed by atoms with Crippen molar-refractivity contribution in [1.82, 2.24) is 5.32 Å². The Hall–Kier alpha value is -1.27. The highest BCUT2D eigenvalue weighted by molar-refractivity contribution is 5.78. The Bertz CT molecular complexity index is 344. The zero-order chi connectivity index (χ0) is 15.2. The van der Waals surface area contributed by atoms with Gasteiger partial charge >= 0.3 is 12.1 Å². The number of carbonyl (C=O) groups excluding carboxylic acids is 2. The normalized spacial score (nSPS) is 23.8. The Morgan fingerprint density at radius 1 is 1.20 bits per heavy atom. The summed E-state index contributed by atoms with van der Waals surface area (Å²) in [6.07, 6.45) is -2.26. The average molecular weight is 295 g/mol. The van der Waals surface area contributed by atoms with Crippen molar-refractivity contribution in [2.45, 2.75) is 57.2 Å². The maximum atomic E-state index is 12.1. The topological polar surface area (TPSA) is 55.4 Å². The van der Waals surface area contributed by atoms with E-state index in [0.717, 1.165) is 19.3 Å². The number of amides is 1. The number of hydrogen-bond donors (Lipinski definition) is 1. The summed E-state index contributed by atoms with van der Waals surface area (Å²) in [6, 6.07) is -0.425. The first-order valence-electron chi connectivity index (χ1n) is 6.77. The van der Waals surface area contributed by atoms with Gasteiger partial charge in [0.15, 0.2) is 0 Å². The van der Waals surface area contributed by atoms with Gasteiger partial charge in [0.2, 0.25) is 5.91 Å². The van der Waals surface area contributed by atoms with Crippen LogP contribution in [0.25, 0.3) is 0 Å². The molecule has 20 heavy (non-hydrogen) atoms. The van der Waals surface area contributed by atoms with Gasteiger partial charge in [-0.15, -0.1) is 0 Å². The van der Waals surface area contributed by atoms with E-state index in [1.54, 1.807) is 0 Å². The second kappa shape index (κ2) is 7.50. The molecule has 116 valence electrons. The Balaban J connectivity index is 2.56.